The first-order valence-electron chi connectivity index (χ1n) is 9.25. The Bertz CT molecular complexity index is 915. The maximum atomic E-state index is 12.4. The van der Waals surface area contributed by atoms with Gasteiger partial charge in [0.25, 0.3) is 5.91 Å². The lowest BCUT2D eigenvalue weighted by molar-refractivity contribution is -0.131. The van der Waals surface area contributed by atoms with Crippen molar-refractivity contribution in [3.05, 3.63) is 40.7 Å². The van der Waals surface area contributed by atoms with Crippen molar-refractivity contribution in [3.63, 3.8) is 0 Å². The van der Waals surface area contributed by atoms with Crippen LogP contribution in [0.4, 0.5) is 5.13 Å². The van der Waals surface area contributed by atoms with Gasteiger partial charge in [-0.3, -0.25) is 9.59 Å². The Kier molecular flexibility index (Phi) is 5.82. The summed E-state index contributed by atoms with van der Waals surface area (Å²) >= 11 is 3.09. The molecule has 146 valence electrons. The van der Waals surface area contributed by atoms with E-state index in [4.69, 9.17) is 0 Å². The van der Waals surface area contributed by atoms with Gasteiger partial charge in [-0.25, -0.2) is 9.97 Å². The fraction of sp³-hybridized carbons (Fsp3) is 0.368. The number of thiophene rings is 1. The minimum atomic E-state index is -0.0763. The van der Waals surface area contributed by atoms with E-state index in [1.165, 1.54) is 11.3 Å². The summed E-state index contributed by atoms with van der Waals surface area (Å²) < 4.78 is 0. The molecule has 3 aromatic rings. The zero-order valence-corrected chi connectivity index (χ0v) is 17.0. The van der Waals surface area contributed by atoms with Gasteiger partial charge in [-0.2, -0.15) is 11.3 Å². The fourth-order valence-corrected chi connectivity index (χ4v) is 4.73. The van der Waals surface area contributed by atoms with E-state index in [0.29, 0.717) is 38.0 Å². The van der Waals surface area contributed by atoms with Gasteiger partial charge in [0.05, 0.1) is 0 Å². The lowest BCUT2D eigenvalue weighted by Gasteiger charge is -2.34. The molecule has 0 aliphatic carbocycles. The highest BCUT2D eigenvalue weighted by Crippen LogP contribution is 2.27. The lowest BCUT2D eigenvalue weighted by Crippen LogP contribution is -2.48. The van der Waals surface area contributed by atoms with Crippen LogP contribution < -0.4 is 10.2 Å². The van der Waals surface area contributed by atoms with Crippen molar-refractivity contribution in [1.29, 1.82) is 0 Å². The molecular weight excluding hydrogens is 394 g/mol. The Labute approximate surface area is 171 Å². The van der Waals surface area contributed by atoms with Gasteiger partial charge in [0.1, 0.15) is 10.3 Å². The second kappa shape index (κ2) is 8.66. The molecule has 1 aliphatic rings. The number of nitrogens with zero attached hydrogens (tertiary/aromatic N) is 4. The van der Waals surface area contributed by atoms with Crippen LogP contribution in [-0.2, 0) is 4.79 Å². The minimum Gasteiger partial charge on any atom is -0.352 e. The number of aromatic nitrogens is 2. The van der Waals surface area contributed by atoms with Crippen molar-refractivity contribution in [2.45, 2.75) is 12.8 Å². The molecule has 0 spiro atoms. The molecule has 28 heavy (non-hydrogen) atoms. The Balaban J connectivity index is 1.20. The molecule has 3 aromatic heterocycles. The average molecular weight is 416 g/mol. The number of hydrogen-bond acceptors (Lipinski definition) is 7. The molecule has 7 nitrogen and oxygen atoms in total. The van der Waals surface area contributed by atoms with Gasteiger partial charge < -0.3 is 15.1 Å². The number of rotatable bonds is 6. The van der Waals surface area contributed by atoms with Crippen LogP contribution in [0.2, 0.25) is 0 Å². The van der Waals surface area contributed by atoms with Crippen LogP contribution in [0.25, 0.3) is 10.3 Å². The summed E-state index contributed by atoms with van der Waals surface area (Å²) in [4.78, 5) is 38.4. The van der Waals surface area contributed by atoms with Crippen LogP contribution in [0.5, 0.6) is 0 Å². The van der Waals surface area contributed by atoms with Crippen molar-refractivity contribution in [3.8, 4) is 0 Å². The number of anilines is 1. The molecule has 0 bridgehead atoms. The van der Waals surface area contributed by atoms with Crippen LogP contribution >= 0.6 is 22.7 Å². The summed E-state index contributed by atoms with van der Waals surface area (Å²) in [6.07, 6.45) is 2.89. The van der Waals surface area contributed by atoms with Crippen molar-refractivity contribution >= 4 is 50.0 Å². The number of nitrogens with one attached hydrogen (secondary N) is 1. The van der Waals surface area contributed by atoms with E-state index in [9.17, 15) is 9.59 Å². The van der Waals surface area contributed by atoms with Gasteiger partial charge in [0.15, 0.2) is 5.13 Å². The molecule has 0 atom stereocenters. The van der Waals surface area contributed by atoms with E-state index in [-0.39, 0.29) is 11.8 Å². The van der Waals surface area contributed by atoms with Crippen molar-refractivity contribution in [2.75, 3.05) is 37.6 Å². The van der Waals surface area contributed by atoms with E-state index in [2.05, 4.69) is 20.2 Å². The van der Waals surface area contributed by atoms with Gasteiger partial charge in [-0.1, -0.05) is 11.3 Å². The second-order valence-electron chi connectivity index (χ2n) is 6.56. The van der Waals surface area contributed by atoms with Gasteiger partial charge in [0, 0.05) is 56.3 Å². The van der Waals surface area contributed by atoms with Crippen molar-refractivity contribution in [1.82, 2.24) is 20.2 Å². The Morgan fingerprint density at radius 1 is 1.18 bits per heavy atom. The molecule has 1 aliphatic heterocycles. The highest BCUT2D eigenvalue weighted by atomic mass is 32.1. The lowest BCUT2D eigenvalue weighted by atomic mass is 10.2. The van der Waals surface area contributed by atoms with E-state index in [1.54, 1.807) is 23.6 Å². The minimum absolute atomic E-state index is 0.0763. The number of hydrogen-bond donors (Lipinski definition) is 1. The van der Waals surface area contributed by atoms with E-state index < -0.39 is 0 Å². The van der Waals surface area contributed by atoms with E-state index in [1.807, 2.05) is 27.8 Å². The van der Waals surface area contributed by atoms with Crippen LogP contribution in [0, 0.1) is 0 Å². The first kappa shape index (κ1) is 18.8. The molecule has 0 aromatic carbocycles. The summed E-state index contributed by atoms with van der Waals surface area (Å²) in [5, 5.41) is 7.53. The zero-order valence-electron chi connectivity index (χ0n) is 15.3. The monoisotopic (exact) mass is 415 g/mol. The Morgan fingerprint density at radius 3 is 2.79 bits per heavy atom. The molecule has 1 saturated heterocycles. The third-order valence-electron chi connectivity index (χ3n) is 4.69. The summed E-state index contributed by atoms with van der Waals surface area (Å²) in [5.41, 5.74) is 1.60. The molecule has 9 heteroatoms. The summed E-state index contributed by atoms with van der Waals surface area (Å²) in [7, 11) is 0. The predicted molar refractivity (Wildman–Crippen MR) is 112 cm³/mol. The van der Waals surface area contributed by atoms with Gasteiger partial charge in [0.2, 0.25) is 5.91 Å². The number of fused-ring (bicyclic) bond motifs is 1. The topological polar surface area (TPSA) is 78.4 Å². The van der Waals surface area contributed by atoms with Gasteiger partial charge in [-0.15, -0.1) is 0 Å². The standard InChI is InChI=1S/C19H21N5O2S2/c25-16(4-2-6-20-17(26)14-5-12-27-13-14)23-8-10-24(11-9-23)19-22-15-3-1-7-21-18(15)28-19/h1,3,5,7,12-13H,2,4,6,8-11H2,(H,20,26). The van der Waals surface area contributed by atoms with Crippen molar-refractivity contribution in [2.24, 2.45) is 0 Å². The fourth-order valence-electron chi connectivity index (χ4n) is 3.14. The van der Waals surface area contributed by atoms with Crippen LogP contribution in [0.15, 0.2) is 35.2 Å². The SMILES string of the molecule is O=C(NCCCC(=O)N1CCN(c2nc3cccnc3s2)CC1)c1ccsc1. The van der Waals surface area contributed by atoms with E-state index in [0.717, 1.165) is 28.6 Å². The molecule has 0 saturated carbocycles. The number of pyridine rings is 1. The molecule has 2 amide bonds. The number of piperazine rings is 1. The van der Waals surface area contributed by atoms with Crippen LogP contribution in [0.1, 0.15) is 23.2 Å². The number of carbonyl (C=O) groups excluding carboxylic acids is 2. The molecule has 0 radical (unpaired) electrons. The third kappa shape index (κ3) is 4.31. The van der Waals surface area contributed by atoms with Gasteiger partial charge >= 0.3 is 0 Å². The van der Waals surface area contributed by atoms with E-state index >= 15 is 0 Å². The highest BCUT2D eigenvalue weighted by molar-refractivity contribution is 7.21. The Hall–Kier alpha value is -2.52. The average Bonchev–Trinajstić information content (AvgIpc) is 3.41. The quantitative estimate of drug-likeness (QED) is 0.626. The summed E-state index contributed by atoms with van der Waals surface area (Å²) in [5.74, 6) is 0.0723. The molecule has 0 unspecified atom stereocenters. The first-order chi connectivity index (χ1) is 13.7. The molecule has 1 fully saturated rings. The molecule has 4 heterocycles. The predicted octanol–water partition coefficient (Wildman–Crippen LogP) is 2.61. The van der Waals surface area contributed by atoms with Crippen molar-refractivity contribution < 1.29 is 9.59 Å². The second-order valence-corrected chi connectivity index (χ2v) is 8.30. The maximum Gasteiger partial charge on any atom is 0.252 e. The smallest absolute Gasteiger partial charge is 0.252 e. The third-order valence-corrected chi connectivity index (χ3v) is 6.42. The number of thiazole rings is 1. The number of carbonyl (C=O) groups is 2. The first-order valence-corrected chi connectivity index (χ1v) is 11.0. The summed E-state index contributed by atoms with van der Waals surface area (Å²) in [6, 6.07) is 5.66. The zero-order chi connectivity index (χ0) is 19.3. The number of amides is 2. The van der Waals surface area contributed by atoms with Gasteiger partial charge in [-0.05, 0) is 30.0 Å². The molecule has 1 N–H and O–H groups in total. The van der Waals surface area contributed by atoms with Crippen LogP contribution in [-0.4, -0.2) is 59.4 Å². The van der Waals surface area contributed by atoms with Crippen LogP contribution in [0.3, 0.4) is 0 Å². The largest absolute Gasteiger partial charge is 0.352 e. The molecular formula is C19H21N5O2S2. The maximum absolute atomic E-state index is 12.4. The summed E-state index contributed by atoms with van der Waals surface area (Å²) in [6.45, 7) is 3.47. The highest BCUT2D eigenvalue weighted by Gasteiger charge is 2.23. The molecule has 4 rings (SSSR count). The normalized spacial score (nSPS) is 14.4. The Morgan fingerprint density at radius 2 is 2.04 bits per heavy atom.